The average Bonchev–Trinajstić information content (AvgIpc) is 2.65. The van der Waals surface area contributed by atoms with E-state index in [4.69, 9.17) is 5.73 Å². The Balaban J connectivity index is 2.62. The van der Waals surface area contributed by atoms with Crippen molar-refractivity contribution in [3.8, 4) is 0 Å². The van der Waals surface area contributed by atoms with Crippen molar-refractivity contribution < 1.29 is 18.0 Å². The fourth-order valence-corrected chi connectivity index (χ4v) is 2.12. The van der Waals surface area contributed by atoms with Crippen LogP contribution in [0.2, 0.25) is 0 Å². The highest BCUT2D eigenvalue weighted by atomic mass is 19.4. The smallest absolute Gasteiger partial charge is 0.342 e. The van der Waals surface area contributed by atoms with Crippen molar-refractivity contribution in [2.75, 3.05) is 19.6 Å². The summed E-state index contributed by atoms with van der Waals surface area (Å²) in [5.41, 5.74) is 5.49. The molecule has 2 N–H and O–H groups in total. The number of alkyl halides is 3. The SMILES string of the molecule is CC(C)C(CN)C(=O)N1CCC(C(F)(F)F)C1. The summed E-state index contributed by atoms with van der Waals surface area (Å²) in [4.78, 5) is 13.3. The summed E-state index contributed by atoms with van der Waals surface area (Å²) in [5, 5.41) is 0. The number of hydrogen-bond acceptors (Lipinski definition) is 2. The first-order valence-electron chi connectivity index (χ1n) is 5.83. The maximum atomic E-state index is 12.5. The maximum Gasteiger partial charge on any atom is 0.393 e. The zero-order chi connectivity index (χ0) is 13.2. The third-order valence-corrected chi connectivity index (χ3v) is 3.34. The molecule has 0 spiro atoms. The number of likely N-dealkylation sites (tertiary alicyclic amines) is 1. The first kappa shape index (κ1) is 14.3. The molecule has 1 fully saturated rings. The van der Waals surface area contributed by atoms with Crippen LogP contribution in [0, 0.1) is 17.8 Å². The number of nitrogens with zero attached hydrogens (tertiary/aromatic N) is 1. The summed E-state index contributed by atoms with van der Waals surface area (Å²) in [6.45, 7) is 3.86. The number of nitrogens with two attached hydrogens (primary N) is 1. The van der Waals surface area contributed by atoms with Gasteiger partial charge in [0.15, 0.2) is 0 Å². The lowest BCUT2D eigenvalue weighted by atomic mass is 9.94. The lowest BCUT2D eigenvalue weighted by molar-refractivity contribution is -0.171. The standard InChI is InChI=1S/C11H19F3N2O/c1-7(2)9(5-15)10(17)16-4-3-8(6-16)11(12,13)14/h7-9H,3-6,15H2,1-2H3. The molecule has 0 aromatic rings. The molecule has 6 heteroatoms. The Labute approximate surface area is 99.1 Å². The normalized spacial score (nSPS) is 23.2. The molecule has 1 rings (SSSR count). The van der Waals surface area contributed by atoms with Gasteiger partial charge in [0.1, 0.15) is 0 Å². The Morgan fingerprint density at radius 2 is 2.06 bits per heavy atom. The number of carbonyl (C=O) groups is 1. The largest absolute Gasteiger partial charge is 0.393 e. The van der Waals surface area contributed by atoms with Gasteiger partial charge in [-0.15, -0.1) is 0 Å². The number of rotatable bonds is 3. The molecular formula is C11H19F3N2O. The lowest BCUT2D eigenvalue weighted by Crippen LogP contribution is -2.41. The average molecular weight is 252 g/mol. The summed E-state index contributed by atoms with van der Waals surface area (Å²) in [5.74, 6) is -1.94. The van der Waals surface area contributed by atoms with E-state index in [1.54, 1.807) is 0 Å². The molecule has 1 heterocycles. The summed E-state index contributed by atoms with van der Waals surface area (Å²) in [7, 11) is 0. The molecule has 100 valence electrons. The van der Waals surface area contributed by atoms with Crippen LogP contribution in [0.4, 0.5) is 13.2 Å². The van der Waals surface area contributed by atoms with Crippen molar-refractivity contribution in [2.45, 2.75) is 26.4 Å². The third-order valence-electron chi connectivity index (χ3n) is 3.34. The Kier molecular flexibility index (Phi) is 4.41. The van der Waals surface area contributed by atoms with Crippen molar-refractivity contribution in [3.63, 3.8) is 0 Å². The predicted octanol–water partition coefficient (Wildman–Crippen LogP) is 1.63. The third kappa shape index (κ3) is 3.34. The van der Waals surface area contributed by atoms with Gasteiger partial charge >= 0.3 is 6.18 Å². The van der Waals surface area contributed by atoms with E-state index in [1.807, 2.05) is 13.8 Å². The summed E-state index contributed by atoms with van der Waals surface area (Å²) >= 11 is 0. The molecule has 17 heavy (non-hydrogen) atoms. The van der Waals surface area contributed by atoms with Crippen LogP contribution in [0.5, 0.6) is 0 Å². The number of amides is 1. The van der Waals surface area contributed by atoms with Crippen LogP contribution in [-0.2, 0) is 4.79 Å². The van der Waals surface area contributed by atoms with Crippen LogP contribution in [0.15, 0.2) is 0 Å². The van der Waals surface area contributed by atoms with Gasteiger partial charge in [-0.3, -0.25) is 4.79 Å². The molecule has 0 bridgehead atoms. The van der Waals surface area contributed by atoms with Gasteiger partial charge in [0, 0.05) is 19.6 Å². The Hall–Kier alpha value is -0.780. The van der Waals surface area contributed by atoms with Gasteiger partial charge in [-0.25, -0.2) is 0 Å². The molecule has 0 aromatic carbocycles. The van der Waals surface area contributed by atoms with Crippen LogP contribution in [0.3, 0.4) is 0 Å². The van der Waals surface area contributed by atoms with Crippen LogP contribution in [0.1, 0.15) is 20.3 Å². The fraction of sp³-hybridized carbons (Fsp3) is 0.909. The van der Waals surface area contributed by atoms with Crippen molar-refractivity contribution in [3.05, 3.63) is 0 Å². The highest BCUT2D eigenvalue weighted by Gasteiger charge is 2.45. The minimum absolute atomic E-state index is 0.00459. The first-order valence-corrected chi connectivity index (χ1v) is 5.83. The van der Waals surface area contributed by atoms with Crippen molar-refractivity contribution in [1.82, 2.24) is 4.90 Å². The van der Waals surface area contributed by atoms with Crippen molar-refractivity contribution in [1.29, 1.82) is 0 Å². The predicted molar refractivity (Wildman–Crippen MR) is 58.1 cm³/mol. The highest BCUT2D eigenvalue weighted by molar-refractivity contribution is 5.79. The van der Waals surface area contributed by atoms with Crippen LogP contribution in [0.25, 0.3) is 0 Å². The molecule has 3 nitrogen and oxygen atoms in total. The first-order chi connectivity index (χ1) is 7.77. The van der Waals surface area contributed by atoms with Crippen LogP contribution >= 0.6 is 0 Å². The van der Waals surface area contributed by atoms with E-state index < -0.39 is 12.1 Å². The van der Waals surface area contributed by atoms with Gasteiger partial charge in [-0.2, -0.15) is 13.2 Å². The van der Waals surface area contributed by atoms with E-state index in [1.165, 1.54) is 4.90 Å². The molecule has 1 aliphatic rings. The van der Waals surface area contributed by atoms with Gasteiger partial charge in [-0.05, 0) is 12.3 Å². The van der Waals surface area contributed by atoms with Gasteiger partial charge in [-0.1, -0.05) is 13.8 Å². The quantitative estimate of drug-likeness (QED) is 0.829. The maximum absolute atomic E-state index is 12.5. The minimum atomic E-state index is -4.20. The second-order valence-corrected chi connectivity index (χ2v) is 4.90. The van der Waals surface area contributed by atoms with Crippen molar-refractivity contribution >= 4 is 5.91 Å². The molecule has 0 saturated carbocycles. The Bertz CT molecular complexity index is 278. The molecule has 1 saturated heterocycles. The molecule has 0 aromatic heterocycles. The van der Waals surface area contributed by atoms with Gasteiger partial charge < -0.3 is 10.6 Å². The molecule has 1 aliphatic heterocycles. The highest BCUT2D eigenvalue weighted by Crippen LogP contribution is 2.34. The minimum Gasteiger partial charge on any atom is -0.342 e. The summed E-state index contributed by atoms with van der Waals surface area (Å²) in [6.07, 6.45) is -4.20. The van der Waals surface area contributed by atoms with Crippen molar-refractivity contribution in [2.24, 2.45) is 23.5 Å². The van der Waals surface area contributed by atoms with Gasteiger partial charge in [0.05, 0.1) is 11.8 Å². The summed E-state index contributed by atoms with van der Waals surface area (Å²) < 4.78 is 37.4. The molecule has 2 unspecified atom stereocenters. The molecule has 1 amide bonds. The lowest BCUT2D eigenvalue weighted by Gasteiger charge is -2.25. The monoisotopic (exact) mass is 252 g/mol. The Morgan fingerprint density at radius 3 is 2.41 bits per heavy atom. The molecular weight excluding hydrogens is 233 g/mol. The zero-order valence-corrected chi connectivity index (χ0v) is 10.1. The Morgan fingerprint density at radius 1 is 1.47 bits per heavy atom. The topological polar surface area (TPSA) is 46.3 Å². The number of halogens is 3. The molecule has 0 aliphatic carbocycles. The van der Waals surface area contributed by atoms with Crippen LogP contribution < -0.4 is 5.73 Å². The summed E-state index contributed by atoms with van der Waals surface area (Å²) in [6, 6.07) is 0. The number of carbonyl (C=O) groups excluding carboxylic acids is 1. The van der Waals surface area contributed by atoms with Gasteiger partial charge in [0.2, 0.25) is 5.91 Å². The second-order valence-electron chi connectivity index (χ2n) is 4.90. The zero-order valence-electron chi connectivity index (χ0n) is 10.1. The van der Waals surface area contributed by atoms with E-state index in [-0.39, 0.29) is 43.8 Å². The molecule has 2 atom stereocenters. The second kappa shape index (κ2) is 5.25. The van der Waals surface area contributed by atoms with Crippen LogP contribution in [-0.4, -0.2) is 36.6 Å². The fourth-order valence-electron chi connectivity index (χ4n) is 2.12. The van der Waals surface area contributed by atoms with E-state index in [9.17, 15) is 18.0 Å². The van der Waals surface area contributed by atoms with E-state index in [2.05, 4.69) is 0 Å². The van der Waals surface area contributed by atoms with E-state index >= 15 is 0 Å². The van der Waals surface area contributed by atoms with E-state index in [0.717, 1.165) is 0 Å². The van der Waals surface area contributed by atoms with Gasteiger partial charge in [0.25, 0.3) is 0 Å². The number of hydrogen-bond donors (Lipinski definition) is 1. The molecule has 0 radical (unpaired) electrons. The van der Waals surface area contributed by atoms with E-state index in [0.29, 0.717) is 0 Å².